The van der Waals surface area contributed by atoms with Crippen molar-refractivity contribution in [3.8, 4) is 0 Å². The van der Waals surface area contributed by atoms with Gasteiger partial charge in [-0.1, -0.05) is 34.6 Å². The lowest BCUT2D eigenvalue weighted by Gasteiger charge is -2.44. The second-order valence-electron chi connectivity index (χ2n) is 7.45. The molecule has 2 atom stereocenters. The fourth-order valence-electron chi connectivity index (χ4n) is 2.62. The quantitative estimate of drug-likeness (QED) is 0.842. The lowest BCUT2D eigenvalue weighted by Crippen LogP contribution is -2.68. The summed E-state index contributed by atoms with van der Waals surface area (Å²) in [6.07, 6.45) is 0.120. The maximum atomic E-state index is 12.8. The smallest absolute Gasteiger partial charge is 0.246 e. The Morgan fingerprint density at radius 3 is 2.19 bits per heavy atom. The number of carbonyl (C=O) groups excluding carboxylic acids is 2. The highest BCUT2D eigenvalue weighted by Gasteiger charge is 2.45. The predicted molar refractivity (Wildman–Crippen MR) is 82.8 cm³/mol. The lowest BCUT2D eigenvalue weighted by atomic mass is 9.83. The number of ether oxygens (including phenoxy) is 1. The molecule has 0 aromatic heterocycles. The number of amides is 2. The van der Waals surface area contributed by atoms with Crippen molar-refractivity contribution >= 4 is 11.8 Å². The van der Waals surface area contributed by atoms with E-state index in [0.717, 1.165) is 0 Å². The van der Waals surface area contributed by atoms with Gasteiger partial charge in [-0.05, 0) is 25.2 Å². The third-order valence-electron chi connectivity index (χ3n) is 3.70. The molecule has 1 rings (SSSR count). The van der Waals surface area contributed by atoms with E-state index in [0.29, 0.717) is 13.2 Å². The molecular formula is C16H30N2O3. The third-order valence-corrected chi connectivity index (χ3v) is 3.70. The first-order valence-corrected chi connectivity index (χ1v) is 7.78. The minimum absolute atomic E-state index is 0.00634. The molecule has 2 amide bonds. The average molecular weight is 298 g/mol. The summed E-state index contributed by atoms with van der Waals surface area (Å²) in [6.45, 7) is 14.7. The monoisotopic (exact) mass is 298 g/mol. The summed E-state index contributed by atoms with van der Waals surface area (Å²) < 4.78 is 5.55. The Labute approximate surface area is 128 Å². The van der Waals surface area contributed by atoms with Gasteiger partial charge in [-0.2, -0.15) is 0 Å². The van der Waals surface area contributed by atoms with Gasteiger partial charge in [0, 0.05) is 6.54 Å². The van der Waals surface area contributed by atoms with Gasteiger partial charge in [-0.25, -0.2) is 0 Å². The topological polar surface area (TPSA) is 58.6 Å². The van der Waals surface area contributed by atoms with Crippen molar-refractivity contribution in [2.24, 2.45) is 11.3 Å². The van der Waals surface area contributed by atoms with Crippen LogP contribution in [-0.4, -0.2) is 48.1 Å². The average Bonchev–Trinajstić information content (AvgIpc) is 2.30. The Morgan fingerprint density at radius 2 is 1.76 bits per heavy atom. The van der Waals surface area contributed by atoms with Gasteiger partial charge in [0.25, 0.3) is 0 Å². The summed E-state index contributed by atoms with van der Waals surface area (Å²) in [4.78, 5) is 26.9. The van der Waals surface area contributed by atoms with E-state index in [1.807, 2.05) is 48.5 Å². The van der Waals surface area contributed by atoms with E-state index in [-0.39, 0.29) is 29.3 Å². The maximum Gasteiger partial charge on any atom is 0.246 e. The molecule has 0 bridgehead atoms. The van der Waals surface area contributed by atoms with Crippen LogP contribution in [0.25, 0.3) is 0 Å². The molecule has 0 radical (unpaired) electrons. The fourth-order valence-corrected chi connectivity index (χ4v) is 2.62. The Kier molecular flexibility index (Phi) is 5.79. The predicted octanol–water partition coefficient (Wildman–Crippen LogP) is 1.81. The summed E-state index contributed by atoms with van der Waals surface area (Å²) in [5.41, 5.74) is -0.300. The van der Waals surface area contributed by atoms with Crippen LogP contribution < -0.4 is 5.32 Å². The number of nitrogens with one attached hydrogen (secondary N) is 1. The van der Waals surface area contributed by atoms with Gasteiger partial charge in [0.1, 0.15) is 12.1 Å². The third kappa shape index (κ3) is 4.43. The van der Waals surface area contributed by atoms with E-state index in [2.05, 4.69) is 5.32 Å². The SMILES string of the molecule is CC(C)OCCN1C(=O)C(C(C)(C)C)NC(=O)C1C(C)C. The number of hydrogen-bond acceptors (Lipinski definition) is 3. The van der Waals surface area contributed by atoms with Crippen LogP contribution in [0, 0.1) is 11.3 Å². The Morgan fingerprint density at radius 1 is 1.19 bits per heavy atom. The lowest BCUT2D eigenvalue weighted by molar-refractivity contribution is -0.155. The van der Waals surface area contributed by atoms with Crippen molar-refractivity contribution in [2.45, 2.75) is 66.7 Å². The van der Waals surface area contributed by atoms with Crippen LogP contribution in [0.15, 0.2) is 0 Å². The molecular weight excluding hydrogens is 268 g/mol. The van der Waals surface area contributed by atoms with Crippen LogP contribution in [0.5, 0.6) is 0 Å². The Balaban J connectivity index is 2.93. The summed E-state index contributed by atoms with van der Waals surface area (Å²) in [5.74, 6) is 0.0103. The zero-order chi connectivity index (χ0) is 16.4. The maximum absolute atomic E-state index is 12.8. The summed E-state index contributed by atoms with van der Waals surface area (Å²) in [6, 6.07) is -0.883. The van der Waals surface area contributed by atoms with Crippen LogP contribution in [0.1, 0.15) is 48.5 Å². The standard InChI is InChI=1S/C16H30N2O3/c1-10(2)12-14(19)17-13(16(5,6)7)15(20)18(12)8-9-21-11(3)4/h10-13H,8-9H2,1-7H3,(H,17,19). The molecule has 0 aromatic rings. The van der Waals surface area contributed by atoms with Crippen molar-refractivity contribution in [1.29, 1.82) is 0 Å². The molecule has 0 aromatic carbocycles. The van der Waals surface area contributed by atoms with Crippen molar-refractivity contribution < 1.29 is 14.3 Å². The van der Waals surface area contributed by atoms with Gasteiger partial charge in [-0.3, -0.25) is 9.59 Å². The van der Waals surface area contributed by atoms with E-state index in [1.54, 1.807) is 4.90 Å². The number of piperazine rings is 1. The molecule has 5 nitrogen and oxygen atoms in total. The molecule has 1 aliphatic rings. The number of carbonyl (C=O) groups is 2. The van der Waals surface area contributed by atoms with E-state index in [9.17, 15) is 9.59 Å². The zero-order valence-electron chi connectivity index (χ0n) is 14.4. The fraction of sp³-hybridized carbons (Fsp3) is 0.875. The van der Waals surface area contributed by atoms with Gasteiger partial charge in [0.15, 0.2) is 0 Å². The van der Waals surface area contributed by atoms with Crippen molar-refractivity contribution in [2.75, 3.05) is 13.2 Å². The van der Waals surface area contributed by atoms with Gasteiger partial charge in [-0.15, -0.1) is 0 Å². The molecule has 21 heavy (non-hydrogen) atoms. The molecule has 1 heterocycles. The number of nitrogens with zero attached hydrogens (tertiary/aromatic N) is 1. The van der Waals surface area contributed by atoms with E-state index >= 15 is 0 Å². The highest BCUT2D eigenvalue weighted by Crippen LogP contribution is 2.27. The molecule has 0 saturated carbocycles. The zero-order valence-corrected chi connectivity index (χ0v) is 14.4. The number of hydrogen-bond donors (Lipinski definition) is 1. The molecule has 1 N–H and O–H groups in total. The summed E-state index contributed by atoms with van der Waals surface area (Å²) in [5, 5.41) is 2.90. The number of rotatable bonds is 5. The largest absolute Gasteiger partial charge is 0.377 e. The van der Waals surface area contributed by atoms with Crippen LogP contribution >= 0.6 is 0 Å². The second-order valence-corrected chi connectivity index (χ2v) is 7.45. The van der Waals surface area contributed by atoms with Crippen molar-refractivity contribution in [3.05, 3.63) is 0 Å². The van der Waals surface area contributed by atoms with E-state index in [4.69, 9.17) is 4.74 Å². The molecule has 1 saturated heterocycles. The first-order chi connectivity index (χ1) is 9.55. The minimum Gasteiger partial charge on any atom is -0.377 e. The first kappa shape index (κ1) is 18.0. The van der Waals surface area contributed by atoms with Gasteiger partial charge in [0.05, 0.1) is 12.7 Å². The van der Waals surface area contributed by atoms with Crippen molar-refractivity contribution in [1.82, 2.24) is 10.2 Å². The molecule has 1 fully saturated rings. The second kappa shape index (κ2) is 6.77. The van der Waals surface area contributed by atoms with E-state index in [1.165, 1.54) is 0 Å². The van der Waals surface area contributed by atoms with Gasteiger partial charge < -0.3 is 15.0 Å². The molecule has 5 heteroatoms. The van der Waals surface area contributed by atoms with E-state index < -0.39 is 12.1 Å². The molecule has 1 aliphatic heterocycles. The summed E-state index contributed by atoms with van der Waals surface area (Å²) >= 11 is 0. The first-order valence-electron chi connectivity index (χ1n) is 7.78. The molecule has 122 valence electrons. The minimum atomic E-state index is -0.473. The highest BCUT2D eigenvalue weighted by atomic mass is 16.5. The molecule has 2 unspecified atom stereocenters. The van der Waals surface area contributed by atoms with Crippen LogP contribution in [0.3, 0.4) is 0 Å². The van der Waals surface area contributed by atoms with Crippen LogP contribution in [-0.2, 0) is 14.3 Å². The summed E-state index contributed by atoms with van der Waals surface area (Å²) in [7, 11) is 0. The molecule has 0 spiro atoms. The molecule has 0 aliphatic carbocycles. The Bertz CT molecular complexity index is 385. The normalized spacial score (nSPS) is 24.0. The highest BCUT2D eigenvalue weighted by molar-refractivity contribution is 5.97. The Hall–Kier alpha value is -1.10. The van der Waals surface area contributed by atoms with Crippen LogP contribution in [0.4, 0.5) is 0 Å². The van der Waals surface area contributed by atoms with Crippen LogP contribution in [0.2, 0.25) is 0 Å². The van der Waals surface area contributed by atoms with Gasteiger partial charge >= 0.3 is 0 Å². The van der Waals surface area contributed by atoms with Crippen molar-refractivity contribution in [3.63, 3.8) is 0 Å². The van der Waals surface area contributed by atoms with Gasteiger partial charge in [0.2, 0.25) is 11.8 Å².